The summed E-state index contributed by atoms with van der Waals surface area (Å²) >= 11 is 0. The van der Waals surface area contributed by atoms with Gasteiger partial charge in [0.1, 0.15) is 5.78 Å². The van der Waals surface area contributed by atoms with Gasteiger partial charge in [-0.1, -0.05) is 13.8 Å². The van der Waals surface area contributed by atoms with Gasteiger partial charge in [-0.25, -0.2) is 0 Å². The molecule has 0 aromatic carbocycles. The zero-order chi connectivity index (χ0) is 17.3. The largest absolute Gasteiger partial charge is 0.393 e. The van der Waals surface area contributed by atoms with Crippen molar-refractivity contribution in [2.45, 2.75) is 77.4 Å². The van der Waals surface area contributed by atoms with Crippen LogP contribution >= 0.6 is 0 Å². The lowest BCUT2D eigenvalue weighted by molar-refractivity contribution is -0.160. The van der Waals surface area contributed by atoms with Gasteiger partial charge in [-0.3, -0.25) is 4.79 Å². The summed E-state index contributed by atoms with van der Waals surface area (Å²) < 4.78 is 0. The Hall–Kier alpha value is -0.410. The molecule has 0 aromatic heterocycles. The number of aliphatic hydroxyl groups is 1. The van der Waals surface area contributed by atoms with Crippen LogP contribution in [0.3, 0.4) is 0 Å². The van der Waals surface area contributed by atoms with E-state index >= 15 is 0 Å². The van der Waals surface area contributed by atoms with Crippen LogP contribution < -0.4 is 0 Å². The standard InChI is InChI=1S/C21H35NO2/c1-20-10-9-17-15(16(20)7-8-19(20)24)6-5-13-11-14(23)12-18(22(3)4)21(13,17)2/h13-18,23H,5-12H2,1-4H3/t13-,14-,15-,16-,17-,18?,20-,21-/m0/s1. The number of hydrogen-bond donors (Lipinski definition) is 1. The summed E-state index contributed by atoms with van der Waals surface area (Å²) in [4.78, 5) is 14.9. The van der Waals surface area contributed by atoms with Crippen molar-refractivity contribution in [2.75, 3.05) is 14.1 Å². The van der Waals surface area contributed by atoms with E-state index in [-0.39, 0.29) is 11.5 Å². The predicted molar refractivity (Wildman–Crippen MR) is 95.6 cm³/mol. The minimum Gasteiger partial charge on any atom is -0.393 e. The average Bonchev–Trinajstić information content (AvgIpc) is 2.83. The van der Waals surface area contributed by atoms with Gasteiger partial charge >= 0.3 is 0 Å². The molecule has 0 amide bonds. The van der Waals surface area contributed by atoms with E-state index in [1.54, 1.807) is 0 Å². The molecule has 0 spiro atoms. The fraction of sp³-hybridized carbons (Fsp3) is 0.952. The minimum atomic E-state index is -0.131. The second-order valence-electron chi connectivity index (χ2n) is 10.0. The van der Waals surface area contributed by atoms with Gasteiger partial charge in [0.05, 0.1) is 6.10 Å². The Morgan fingerprint density at radius 2 is 1.79 bits per heavy atom. The molecule has 8 atom stereocenters. The second-order valence-corrected chi connectivity index (χ2v) is 10.0. The molecule has 1 N–H and O–H groups in total. The highest BCUT2D eigenvalue weighted by Crippen LogP contribution is 2.65. The summed E-state index contributed by atoms with van der Waals surface area (Å²) in [7, 11) is 4.39. The second kappa shape index (κ2) is 5.54. The predicted octanol–water partition coefficient (Wildman–Crippen LogP) is 3.50. The molecule has 4 saturated carbocycles. The molecule has 24 heavy (non-hydrogen) atoms. The van der Waals surface area contributed by atoms with Gasteiger partial charge in [0.25, 0.3) is 0 Å². The van der Waals surface area contributed by atoms with Crippen molar-refractivity contribution >= 4 is 5.78 Å². The van der Waals surface area contributed by atoms with Gasteiger partial charge < -0.3 is 10.0 Å². The summed E-state index contributed by atoms with van der Waals surface area (Å²) in [6, 6.07) is 0.473. The molecule has 0 aliphatic heterocycles. The Balaban J connectivity index is 1.70. The minimum absolute atomic E-state index is 0.0217. The third-order valence-corrected chi connectivity index (χ3v) is 9.07. The fourth-order valence-corrected chi connectivity index (χ4v) is 7.84. The summed E-state index contributed by atoms with van der Waals surface area (Å²) in [5, 5.41) is 10.4. The van der Waals surface area contributed by atoms with Gasteiger partial charge in [0.2, 0.25) is 0 Å². The van der Waals surface area contributed by atoms with Crippen molar-refractivity contribution in [1.29, 1.82) is 0 Å². The highest BCUT2D eigenvalue weighted by atomic mass is 16.3. The van der Waals surface area contributed by atoms with Crippen molar-refractivity contribution in [3.8, 4) is 0 Å². The monoisotopic (exact) mass is 333 g/mol. The molecule has 4 aliphatic carbocycles. The first-order valence-corrected chi connectivity index (χ1v) is 10.2. The number of rotatable bonds is 1. The van der Waals surface area contributed by atoms with E-state index in [1.165, 1.54) is 19.3 Å². The topological polar surface area (TPSA) is 40.5 Å². The molecular weight excluding hydrogens is 298 g/mol. The van der Waals surface area contributed by atoms with Crippen LogP contribution in [-0.2, 0) is 4.79 Å². The van der Waals surface area contributed by atoms with Gasteiger partial charge in [0, 0.05) is 17.9 Å². The maximum absolute atomic E-state index is 12.5. The smallest absolute Gasteiger partial charge is 0.139 e. The van der Waals surface area contributed by atoms with Crippen molar-refractivity contribution in [3.05, 3.63) is 0 Å². The molecule has 3 heteroatoms. The number of fused-ring (bicyclic) bond motifs is 5. The van der Waals surface area contributed by atoms with Crippen LogP contribution in [0.2, 0.25) is 0 Å². The van der Waals surface area contributed by atoms with E-state index in [2.05, 4.69) is 32.8 Å². The van der Waals surface area contributed by atoms with Crippen LogP contribution in [0, 0.1) is 34.5 Å². The van der Waals surface area contributed by atoms with Crippen LogP contribution in [0.25, 0.3) is 0 Å². The first-order valence-electron chi connectivity index (χ1n) is 10.2. The quantitative estimate of drug-likeness (QED) is 0.798. The lowest BCUT2D eigenvalue weighted by Crippen LogP contribution is -2.62. The van der Waals surface area contributed by atoms with E-state index in [0.717, 1.165) is 43.9 Å². The third-order valence-electron chi connectivity index (χ3n) is 9.07. The zero-order valence-corrected chi connectivity index (χ0v) is 15.9. The van der Waals surface area contributed by atoms with E-state index in [4.69, 9.17) is 0 Å². The number of ketones is 1. The van der Waals surface area contributed by atoms with E-state index < -0.39 is 0 Å². The highest BCUT2D eigenvalue weighted by Gasteiger charge is 2.62. The molecule has 1 unspecified atom stereocenters. The lowest BCUT2D eigenvalue weighted by Gasteiger charge is -2.63. The average molecular weight is 334 g/mol. The van der Waals surface area contributed by atoms with Crippen molar-refractivity contribution in [2.24, 2.45) is 34.5 Å². The van der Waals surface area contributed by atoms with Crippen LogP contribution in [0.4, 0.5) is 0 Å². The Bertz CT molecular complexity index is 532. The van der Waals surface area contributed by atoms with Crippen molar-refractivity contribution in [3.63, 3.8) is 0 Å². The normalized spacial score (nSPS) is 54.3. The first-order chi connectivity index (χ1) is 11.3. The maximum atomic E-state index is 12.5. The molecule has 136 valence electrons. The van der Waals surface area contributed by atoms with Crippen LogP contribution in [0.1, 0.15) is 65.2 Å². The summed E-state index contributed by atoms with van der Waals surface area (Å²) in [5.41, 5.74) is 0.283. The van der Waals surface area contributed by atoms with Gasteiger partial charge in [-0.05, 0) is 88.1 Å². The molecule has 4 rings (SSSR count). The number of carbonyl (C=O) groups is 1. The zero-order valence-electron chi connectivity index (χ0n) is 15.9. The number of hydrogen-bond acceptors (Lipinski definition) is 3. The molecule has 4 aliphatic rings. The van der Waals surface area contributed by atoms with E-state index in [0.29, 0.717) is 29.1 Å². The van der Waals surface area contributed by atoms with E-state index in [9.17, 15) is 9.90 Å². The Morgan fingerprint density at radius 3 is 2.50 bits per heavy atom. The molecule has 4 fully saturated rings. The van der Waals surface area contributed by atoms with Gasteiger partial charge in [0.15, 0.2) is 0 Å². The summed E-state index contributed by atoms with van der Waals surface area (Å²) in [6.45, 7) is 4.80. The molecular formula is C21H35NO2. The lowest BCUT2D eigenvalue weighted by atomic mass is 9.44. The van der Waals surface area contributed by atoms with Crippen molar-refractivity contribution < 1.29 is 9.90 Å². The number of aliphatic hydroxyl groups excluding tert-OH is 1. The Kier molecular flexibility index (Phi) is 3.93. The molecule has 3 nitrogen and oxygen atoms in total. The first kappa shape index (κ1) is 17.0. The summed E-state index contributed by atoms with van der Waals surface area (Å²) in [5.74, 6) is 3.28. The van der Waals surface area contributed by atoms with Crippen molar-refractivity contribution in [1.82, 2.24) is 4.90 Å². The number of nitrogens with zero attached hydrogens (tertiary/aromatic N) is 1. The van der Waals surface area contributed by atoms with Crippen LogP contribution in [-0.4, -0.2) is 42.0 Å². The van der Waals surface area contributed by atoms with Crippen LogP contribution in [0.5, 0.6) is 0 Å². The Labute approximate surface area is 147 Å². The molecule has 0 radical (unpaired) electrons. The van der Waals surface area contributed by atoms with E-state index in [1.807, 2.05) is 0 Å². The number of Topliss-reactive ketones (excluding diaryl/α,β-unsaturated/α-hetero) is 1. The Morgan fingerprint density at radius 1 is 1.04 bits per heavy atom. The molecule has 0 aromatic rings. The van der Waals surface area contributed by atoms with Crippen LogP contribution in [0.15, 0.2) is 0 Å². The summed E-state index contributed by atoms with van der Waals surface area (Å²) in [6.07, 6.45) is 8.58. The molecule has 0 heterocycles. The maximum Gasteiger partial charge on any atom is 0.139 e. The van der Waals surface area contributed by atoms with Gasteiger partial charge in [-0.2, -0.15) is 0 Å². The fourth-order valence-electron chi connectivity index (χ4n) is 7.84. The molecule has 0 saturated heterocycles. The number of carbonyl (C=O) groups excluding carboxylic acids is 1. The highest BCUT2D eigenvalue weighted by molar-refractivity contribution is 5.87. The SMILES string of the molecule is CN(C)C1C[C@@H](O)C[C@@H]2CC[C@@H]3[C@H](CC[C@]4(C)C(=O)CC[C@@H]34)[C@@]12C. The molecule has 0 bridgehead atoms. The third kappa shape index (κ3) is 2.13. The van der Waals surface area contributed by atoms with Gasteiger partial charge in [-0.15, -0.1) is 0 Å².